The molecule has 4 heteroatoms. The van der Waals surface area contributed by atoms with E-state index in [0.29, 0.717) is 6.04 Å². The zero-order valence-electron chi connectivity index (χ0n) is 8.36. The van der Waals surface area contributed by atoms with Crippen molar-refractivity contribution in [1.82, 2.24) is 15.3 Å². The fourth-order valence-corrected chi connectivity index (χ4v) is 2.77. The highest BCUT2D eigenvalue weighted by atomic mass is 32.2. The van der Waals surface area contributed by atoms with Gasteiger partial charge in [-0.05, 0) is 24.3 Å². The molecule has 0 aliphatic carbocycles. The minimum Gasteiger partial charge on any atom is -0.341 e. The molecule has 1 aliphatic rings. The summed E-state index contributed by atoms with van der Waals surface area (Å²) in [5, 5.41) is 3.47. The number of nitrogens with one attached hydrogen (secondary N) is 2. The van der Waals surface area contributed by atoms with Crippen LogP contribution in [0.3, 0.4) is 0 Å². The van der Waals surface area contributed by atoms with Crippen molar-refractivity contribution in [2.24, 2.45) is 0 Å². The van der Waals surface area contributed by atoms with Gasteiger partial charge in [-0.25, -0.2) is 4.98 Å². The van der Waals surface area contributed by atoms with E-state index in [-0.39, 0.29) is 0 Å². The molecule has 1 fully saturated rings. The van der Waals surface area contributed by atoms with Crippen molar-refractivity contribution < 1.29 is 0 Å². The maximum absolute atomic E-state index is 4.61. The zero-order chi connectivity index (χ0) is 10.1. The third-order valence-corrected chi connectivity index (χ3v) is 3.62. The predicted molar refractivity (Wildman–Crippen MR) is 63.9 cm³/mol. The lowest BCUT2D eigenvalue weighted by atomic mass is 10.2. The SMILES string of the molecule is c1ccc2[nH]c(C3CCSCN3)nc2c1. The van der Waals surface area contributed by atoms with Crippen molar-refractivity contribution >= 4 is 22.8 Å². The maximum atomic E-state index is 4.61. The first-order valence-electron chi connectivity index (χ1n) is 5.19. The minimum atomic E-state index is 0.402. The second-order valence-corrected chi connectivity index (χ2v) is 4.84. The third kappa shape index (κ3) is 1.75. The quantitative estimate of drug-likeness (QED) is 0.773. The molecule has 78 valence electrons. The summed E-state index contributed by atoms with van der Waals surface area (Å²) in [5.41, 5.74) is 2.19. The molecule has 1 atom stereocenters. The smallest absolute Gasteiger partial charge is 0.124 e. The second kappa shape index (κ2) is 3.87. The van der Waals surface area contributed by atoms with Crippen LogP contribution >= 0.6 is 11.8 Å². The van der Waals surface area contributed by atoms with Gasteiger partial charge in [0.15, 0.2) is 0 Å². The Bertz CT molecular complexity index is 427. The Balaban J connectivity index is 1.96. The summed E-state index contributed by atoms with van der Waals surface area (Å²) in [7, 11) is 0. The molecule has 2 aromatic rings. The second-order valence-electron chi connectivity index (χ2n) is 3.74. The highest BCUT2D eigenvalue weighted by Crippen LogP contribution is 2.23. The number of hydrogen-bond acceptors (Lipinski definition) is 3. The highest BCUT2D eigenvalue weighted by Gasteiger charge is 2.17. The molecule has 2 N–H and O–H groups in total. The van der Waals surface area contributed by atoms with Crippen molar-refractivity contribution in [3.05, 3.63) is 30.1 Å². The first-order valence-corrected chi connectivity index (χ1v) is 6.35. The van der Waals surface area contributed by atoms with Gasteiger partial charge in [0.05, 0.1) is 17.1 Å². The van der Waals surface area contributed by atoms with Crippen molar-refractivity contribution in [3.8, 4) is 0 Å². The summed E-state index contributed by atoms with van der Waals surface area (Å²) < 4.78 is 0. The Morgan fingerprint density at radius 3 is 3.07 bits per heavy atom. The van der Waals surface area contributed by atoms with Crippen LogP contribution in [0.15, 0.2) is 24.3 Å². The molecule has 0 saturated carbocycles. The fraction of sp³-hybridized carbons (Fsp3) is 0.364. The topological polar surface area (TPSA) is 40.7 Å². The number of aromatic nitrogens is 2. The molecular formula is C11H13N3S. The number of hydrogen-bond donors (Lipinski definition) is 2. The van der Waals surface area contributed by atoms with Gasteiger partial charge in [0.2, 0.25) is 0 Å². The highest BCUT2D eigenvalue weighted by molar-refractivity contribution is 7.99. The molecule has 0 spiro atoms. The number of fused-ring (bicyclic) bond motifs is 1. The van der Waals surface area contributed by atoms with Crippen molar-refractivity contribution in [2.75, 3.05) is 11.6 Å². The molecule has 15 heavy (non-hydrogen) atoms. The summed E-state index contributed by atoms with van der Waals surface area (Å²) >= 11 is 1.95. The molecule has 1 aromatic carbocycles. The Labute approximate surface area is 92.7 Å². The van der Waals surface area contributed by atoms with Gasteiger partial charge in [-0.3, -0.25) is 5.32 Å². The van der Waals surface area contributed by atoms with Gasteiger partial charge in [-0.2, -0.15) is 0 Å². The standard InChI is InChI=1S/C11H13N3S/c1-2-4-9-8(3-1)13-11(14-9)10-5-6-15-7-12-10/h1-4,10,12H,5-7H2,(H,13,14). The Hall–Kier alpha value is -1.00. The average Bonchev–Trinajstić information content (AvgIpc) is 2.74. The maximum Gasteiger partial charge on any atom is 0.124 e. The summed E-state index contributed by atoms with van der Waals surface area (Å²) in [6.07, 6.45) is 1.16. The normalized spacial score (nSPS) is 22.0. The van der Waals surface area contributed by atoms with Crippen LogP contribution in [0, 0.1) is 0 Å². The third-order valence-electron chi connectivity index (χ3n) is 2.72. The van der Waals surface area contributed by atoms with Crippen molar-refractivity contribution in [1.29, 1.82) is 0 Å². The molecule has 3 nitrogen and oxygen atoms in total. The number of thioether (sulfide) groups is 1. The van der Waals surface area contributed by atoms with Crippen molar-refractivity contribution in [3.63, 3.8) is 0 Å². The monoisotopic (exact) mass is 219 g/mol. The van der Waals surface area contributed by atoms with Crippen LogP contribution < -0.4 is 5.32 Å². The number of H-pyrrole nitrogens is 1. The molecule has 1 saturated heterocycles. The van der Waals surface area contributed by atoms with Crippen molar-refractivity contribution in [2.45, 2.75) is 12.5 Å². The molecule has 1 unspecified atom stereocenters. The Morgan fingerprint density at radius 2 is 2.27 bits per heavy atom. The summed E-state index contributed by atoms with van der Waals surface area (Å²) in [6.45, 7) is 0. The van der Waals surface area contributed by atoms with E-state index in [1.165, 1.54) is 5.75 Å². The lowest BCUT2D eigenvalue weighted by molar-refractivity contribution is 0.533. The molecule has 2 heterocycles. The van der Waals surface area contributed by atoms with Crippen LogP contribution in [0.25, 0.3) is 11.0 Å². The average molecular weight is 219 g/mol. The molecule has 3 rings (SSSR count). The fourth-order valence-electron chi connectivity index (χ4n) is 1.91. The predicted octanol–water partition coefficient (Wildman–Crippen LogP) is 2.29. The van der Waals surface area contributed by atoms with Gasteiger partial charge < -0.3 is 4.98 Å². The van der Waals surface area contributed by atoms with E-state index < -0.39 is 0 Å². The van der Waals surface area contributed by atoms with E-state index >= 15 is 0 Å². The van der Waals surface area contributed by atoms with Gasteiger partial charge in [0.1, 0.15) is 5.82 Å². The van der Waals surface area contributed by atoms with Gasteiger partial charge in [-0.15, -0.1) is 11.8 Å². The van der Waals surface area contributed by atoms with Crippen LogP contribution in [0.4, 0.5) is 0 Å². The van der Waals surface area contributed by atoms with E-state index in [2.05, 4.69) is 21.4 Å². The van der Waals surface area contributed by atoms with Gasteiger partial charge >= 0.3 is 0 Å². The number of nitrogens with zero attached hydrogens (tertiary/aromatic N) is 1. The molecule has 0 bridgehead atoms. The Morgan fingerprint density at radius 1 is 1.33 bits per heavy atom. The van der Waals surface area contributed by atoms with Gasteiger partial charge in [0, 0.05) is 5.88 Å². The molecule has 0 radical (unpaired) electrons. The summed E-state index contributed by atoms with van der Waals surface area (Å²) in [4.78, 5) is 7.99. The molecule has 1 aliphatic heterocycles. The molecular weight excluding hydrogens is 206 g/mol. The van der Waals surface area contributed by atoms with E-state index in [9.17, 15) is 0 Å². The van der Waals surface area contributed by atoms with Crippen LogP contribution in [0.5, 0.6) is 0 Å². The first-order chi connectivity index (χ1) is 7.43. The number of imidazole rings is 1. The van der Waals surface area contributed by atoms with Gasteiger partial charge in [0.25, 0.3) is 0 Å². The van der Waals surface area contributed by atoms with E-state index in [1.807, 2.05) is 30.0 Å². The van der Waals surface area contributed by atoms with Crippen LogP contribution in [0.1, 0.15) is 18.3 Å². The Kier molecular flexibility index (Phi) is 2.38. The first kappa shape index (κ1) is 9.24. The number of rotatable bonds is 1. The summed E-state index contributed by atoms with van der Waals surface area (Å²) in [6, 6.07) is 8.58. The van der Waals surface area contributed by atoms with Crippen LogP contribution in [-0.4, -0.2) is 21.6 Å². The zero-order valence-corrected chi connectivity index (χ0v) is 9.18. The van der Waals surface area contributed by atoms with E-state index in [4.69, 9.17) is 0 Å². The molecule has 0 amide bonds. The number of benzene rings is 1. The lowest BCUT2D eigenvalue weighted by Crippen LogP contribution is -2.26. The van der Waals surface area contributed by atoms with Crippen LogP contribution in [0.2, 0.25) is 0 Å². The van der Waals surface area contributed by atoms with E-state index in [1.54, 1.807) is 0 Å². The number of aromatic amines is 1. The van der Waals surface area contributed by atoms with Crippen LogP contribution in [-0.2, 0) is 0 Å². The lowest BCUT2D eigenvalue weighted by Gasteiger charge is -2.20. The molecule has 1 aromatic heterocycles. The largest absolute Gasteiger partial charge is 0.341 e. The number of para-hydroxylation sites is 2. The summed E-state index contributed by atoms with van der Waals surface area (Å²) in [5.74, 6) is 3.33. The van der Waals surface area contributed by atoms with Gasteiger partial charge in [-0.1, -0.05) is 12.1 Å². The van der Waals surface area contributed by atoms with E-state index in [0.717, 1.165) is 29.2 Å². The minimum absolute atomic E-state index is 0.402.